The Kier molecular flexibility index (Phi) is 4.65. The number of carbonyl (C=O) groups is 2. The molecule has 2 aromatic rings. The summed E-state index contributed by atoms with van der Waals surface area (Å²) in [5.41, 5.74) is -2.83. The molecular weight excluding hydrogens is 412 g/mol. The molecule has 2 amide bonds. The quantitative estimate of drug-likeness (QED) is 0.675. The summed E-state index contributed by atoms with van der Waals surface area (Å²) in [5.74, 6) is -4.56. The number of nitrogens with zero attached hydrogens (tertiary/aromatic N) is 2. The maximum Gasteiger partial charge on any atom is 0.274 e. The third kappa shape index (κ3) is 2.85. The van der Waals surface area contributed by atoms with Crippen molar-refractivity contribution in [3.05, 3.63) is 62.6 Å². The van der Waals surface area contributed by atoms with Gasteiger partial charge in [0.1, 0.15) is 17.2 Å². The van der Waals surface area contributed by atoms with Gasteiger partial charge in [-0.25, -0.2) is 8.78 Å². The van der Waals surface area contributed by atoms with Crippen LogP contribution in [0, 0.1) is 17.6 Å². The molecular formula is C21H21F2N3O5. The SMILES string of the molecule is CC1C(O)c2c(C(=O)NCc3ccc(F)cc3F)c(=O)c(O)c3n2C1(C)CN(C)C3=O. The van der Waals surface area contributed by atoms with Gasteiger partial charge in [-0.05, 0) is 13.0 Å². The monoisotopic (exact) mass is 433 g/mol. The minimum absolute atomic E-state index is 0.0102. The molecule has 0 spiro atoms. The summed E-state index contributed by atoms with van der Waals surface area (Å²) in [7, 11) is 1.52. The van der Waals surface area contributed by atoms with Gasteiger partial charge in [-0.3, -0.25) is 14.4 Å². The molecule has 10 heteroatoms. The Labute approximate surface area is 175 Å². The standard InChI is InChI=1S/C21H21F2N3O5/c1-9-16(27)14-13(19(30)24-7-10-4-5-11(22)6-12(10)23)17(28)18(29)15-20(31)25(3)8-21(9,2)26(14)15/h4-6,9,16,27,29H,7-8H2,1-3H3,(H,24,30). The number of amides is 2. The summed E-state index contributed by atoms with van der Waals surface area (Å²) in [6, 6.07) is 2.85. The molecule has 8 nitrogen and oxygen atoms in total. The summed E-state index contributed by atoms with van der Waals surface area (Å²) < 4.78 is 28.4. The summed E-state index contributed by atoms with van der Waals surface area (Å²) in [6.07, 6.45) is -1.25. The molecule has 164 valence electrons. The second-order valence-corrected chi connectivity index (χ2v) is 8.29. The minimum Gasteiger partial charge on any atom is -0.503 e. The highest BCUT2D eigenvalue weighted by atomic mass is 19.1. The first-order valence-corrected chi connectivity index (χ1v) is 9.67. The van der Waals surface area contributed by atoms with E-state index in [0.717, 1.165) is 12.1 Å². The van der Waals surface area contributed by atoms with Crippen molar-refractivity contribution in [1.82, 2.24) is 14.8 Å². The first-order valence-electron chi connectivity index (χ1n) is 9.67. The van der Waals surface area contributed by atoms with Gasteiger partial charge < -0.3 is 25.0 Å². The number of aromatic hydroxyl groups is 1. The van der Waals surface area contributed by atoms with Gasteiger partial charge in [0.05, 0.1) is 17.3 Å². The van der Waals surface area contributed by atoms with Crippen LogP contribution < -0.4 is 10.7 Å². The predicted molar refractivity (Wildman–Crippen MR) is 105 cm³/mol. The van der Waals surface area contributed by atoms with E-state index in [-0.39, 0.29) is 30.0 Å². The van der Waals surface area contributed by atoms with E-state index in [9.17, 15) is 33.4 Å². The van der Waals surface area contributed by atoms with E-state index in [1.54, 1.807) is 13.8 Å². The minimum atomic E-state index is -1.25. The predicted octanol–water partition coefficient (Wildman–Crippen LogP) is 1.25. The molecule has 0 saturated heterocycles. The third-order valence-corrected chi connectivity index (χ3v) is 6.42. The molecule has 0 aliphatic carbocycles. The fraction of sp³-hybridized carbons (Fsp3) is 0.381. The Balaban J connectivity index is 1.83. The van der Waals surface area contributed by atoms with E-state index in [4.69, 9.17) is 0 Å². The van der Waals surface area contributed by atoms with Gasteiger partial charge in [-0.15, -0.1) is 0 Å². The maximum absolute atomic E-state index is 13.9. The molecule has 31 heavy (non-hydrogen) atoms. The first kappa shape index (κ1) is 21.0. The van der Waals surface area contributed by atoms with Gasteiger partial charge in [0.15, 0.2) is 11.4 Å². The van der Waals surface area contributed by atoms with Gasteiger partial charge in [0.25, 0.3) is 11.8 Å². The van der Waals surface area contributed by atoms with Crippen LogP contribution in [0.1, 0.15) is 52.1 Å². The molecule has 0 saturated carbocycles. The van der Waals surface area contributed by atoms with Crippen LogP contribution in [0.2, 0.25) is 0 Å². The number of likely N-dealkylation sites (N-methyl/N-ethyl adjacent to an activating group) is 1. The fourth-order valence-corrected chi connectivity index (χ4v) is 4.56. The van der Waals surface area contributed by atoms with Gasteiger partial charge in [-0.1, -0.05) is 13.0 Å². The van der Waals surface area contributed by atoms with Crippen molar-refractivity contribution < 1.29 is 28.6 Å². The molecule has 3 N–H and O–H groups in total. The van der Waals surface area contributed by atoms with Crippen LogP contribution in [0.15, 0.2) is 23.0 Å². The average molecular weight is 433 g/mol. The molecule has 2 aliphatic rings. The number of carbonyl (C=O) groups excluding carboxylic acids is 2. The van der Waals surface area contributed by atoms with Crippen LogP contribution in [0.4, 0.5) is 8.78 Å². The maximum atomic E-state index is 13.9. The van der Waals surface area contributed by atoms with Crippen molar-refractivity contribution in [2.45, 2.75) is 32.0 Å². The lowest BCUT2D eigenvalue weighted by atomic mass is 9.84. The topological polar surface area (TPSA) is 112 Å². The zero-order chi connectivity index (χ0) is 22.8. The van der Waals surface area contributed by atoms with Gasteiger partial charge in [0.2, 0.25) is 5.43 Å². The molecule has 0 radical (unpaired) electrons. The van der Waals surface area contributed by atoms with E-state index in [0.29, 0.717) is 6.07 Å². The van der Waals surface area contributed by atoms with Crippen molar-refractivity contribution >= 4 is 11.8 Å². The van der Waals surface area contributed by atoms with Crippen LogP contribution in [-0.4, -0.2) is 45.1 Å². The second kappa shape index (κ2) is 6.88. The molecule has 3 atom stereocenters. The van der Waals surface area contributed by atoms with Gasteiger partial charge >= 0.3 is 0 Å². The number of hydrogen-bond donors (Lipinski definition) is 3. The van der Waals surface area contributed by atoms with Crippen molar-refractivity contribution in [3.8, 4) is 5.75 Å². The lowest BCUT2D eigenvalue weighted by Crippen LogP contribution is -2.53. The molecule has 3 heterocycles. The summed E-state index contributed by atoms with van der Waals surface area (Å²) in [4.78, 5) is 39.8. The van der Waals surface area contributed by atoms with E-state index in [1.165, 1.54) is 16.5 Å². The van der Waals surface area contributed by atoms with Crippen molar-refractivity contribution in [1.29, 1.82) is 0 Å². The van der Waals surface area contributed by atoms with E-state index < -0.39 is 57.8 Å². The Hall–Kier alpha value is -3.27. The van der Waals surface area contributed by atoms with Gasteiger partial charge in [0, 0.05) is 37.7 Å². The van der Waals surface area contributed by atoms with Crippen LogP contribution in [-0.2, 0) is 12.1 Å². The van der Waals surface area contributed by atoms with Crippen LogP contribution in [0.25, 0.3) is 0 Å². The van der Waals surface area contributed by atoms with Gasteiger partial charge in [-0.2, -0.15) is 0 Å². The van der Waals surface area contributed by atoms with Crippen LogP contribution in [0.3, 0.4) is 0 Å². The molecule has 2 aliphatic heterocycles. The number of hydrogen-bond acceptors (Lipinski definition) is 5. The Morgan fingerprint density at radius 1 is 1.32 bits per heavy atom. The number of halogens is 2. The number of aromatic nitrogens is 1. The smallest absolute Gasteiger partial charge is 0.274 e. The normalized spacial score (nSPS) is 24.3. The van der Waals surface area contributed by atoms with E-state index in [1.807, 2.05) is 0 Å². The van der Waals surface area contributed by atoms with Crippen molar-refractivity contribution in [3.63, 3.8) is 0 Å². The number of aliphatic hydroxyl groups excluding tert-OH is 1. The fourth-order valence-electron chi connectivity index (χ4n) is 4.56. The number of benzene rings is 1. The van der Waals surface area contributed by atoms with Crippen molar-refractivity contribution in [2.75, 3.05) is 13.6 Å². The second-order valence-electron chi connectivity index (χ2n) is 8.29. The van der Waals surface area contributed by atoms with Crippen molar-refractivity contribution in [2.24, 2.45) is 5.92 Å². The largest absolute Gasteiger partial charge is 0.503 e. The molecule has 1 aromatic carbocycles. The third-order valence-electron chi connectivity index (χ3n) is 6.42. The summed E-state index contributed by atoms with van der Waals surface area (Å²) >= 11 is 0. The molecule has 1 aromatic heterocycles. The van der Waals surface area contributed by atoms with E-state index in [2.05, 4.69) is 5.32 Å². The highest BCUT2D eigenvalue weighted by Crippen LogP contribution is 2.49. The Morgan fingerprint density at radius 2 is 2.00 bits per heavy atom. The number of aliphatic hydroxyl groups is 1. The Bertz CT molecular complexity index is 1190. The molecule has 4 rings (SSSR count). The number of rotatable bonds is 3. The van der Waals surface area contributed by atoms with E-state index >= 15 is 0 Å². The lowest BCUT2D eigenvalue weighted by molar-refractivity contribution is 0.0422. The van der Waals surface area contributed by atoms with Crippen LogP contribution >= 0.6 is 0 Å². The molecule has 3 unspecified atom stereocenters. The molecule has 0 bridgehead atoms. The average Bonchev–Trinajstić information content (AvgIpc) is 2.89. The number of pyridine rings is 1. The molecule has 0 fully saturated rings. The summed E-state index contributed by atoms with van der Waals surface area (Å²) in [5, 5.41) is 23.8. The zero-order valence-electron chi connectivity index (χ0n) is 17.1. The lowest BCUT2D eigenvalue weighted by Gasteiger charge is -2.42. The van der Waals surface area contributed by atoms with Crippen LogP contribution in [0.5, 0.6) is 5.75 Å². The highest BCUT2D eigenvalue weighted by molar-refractivity contribution is 6.00. The zero-order valence-corrected chi connectivity index (χ0v) is 17.1. The number of nitrogens with one attached hydrogen (secondary N) is 1. The Morgan fingerprint density at radius 3 is 2.65 bits per heavy atom. The highest BCUT2D eigenvalue weighted by Gasteiger charge is 2.54. The summed E-state index contributed by atoms with van der Waals surface area (Å²) in [6.45, 7) is 3.34. The first-order chi connectivity index (χ1) is 14.5.